The van der Waals surface area contributed by atoms with Crippen molar-refractivity contribution in [1.82, 2.24) is 5.32 Å². The van der Waals surface area contributed by atoms with Crippen molar-refractivity contribution in [2.75, 3.05) is 13.2 Å². The van der Waals surface area contributed by atoms with E-state index in [-0.39, 0.29) is 18.5 Å². The first-order valence-electron chi connectivity index (χ1n) is 27.5. The molecule has 2 atom stereocenters. The summed E-state index contributed by atoms with van der Waals surface area (Å²) in [6.45, 7) is 4.89. The van der Waals surface area contributed by atoms with Crippen molar-refractivity contribution < 1.29 is 24.5 Å². The Bertz CT molecular complexity index is 909. The molecule has 61 heavy (non-hydrogen) atoms. The molecule has 0 radical (unpaired) electrons. The van der Waals surface area contributed by atoms with Crippen molar-refractivity contribution in [1.29, 1.82) is 0 Å². The van der Waals surface area contributed by atoms with Crippen LogP contribution in [-0.4, -0.2) is 47.4 Å². The van der Waals surface area contributed by atoms with Crippen molar-refractivity contribution in [3.63, 3.8) is 0 Å². The third-order valence-corrected chi connectivity index (χ3v) is 12.8. The average molecular weight is 862 g/mol. The molecule has 0 spiro atoms. The maximum absolute atomic E-state index is 12.4. The quantitative estimate of drug-likeness (QED) is 0.0322. The third-order valence-electron chi connectivity index (χ3n) is 12.8. The summed E-state index contributed by atoms with van der Waals surface area (Å²) < 4.78 is 5.48. The number of aliphatic hydroxyl groups excluding tert-OH is 2. The SMILES string of the molecule is CCCCCCCCCCCCCC/C=C/C(O)C(CO)NC(=O)CCCCCCCCCCCCCCCOC(=O)CCCCCCCCCCCCCCCCCCC. The van der Waals surface area contributed by atoms with E-state index in [1.54, 1.807) is 6.08 Å². The van der Waals surface area contributed by atoms with Gasteiger partial charge < -0.3 is 20.3 Å². The summed E-state index contributed by atoms with van der Waals surface area (Å²) in [6, 6.07) is -0.636. The van der Waals surface area contributed by atoms with Crippen LogP contribution in [0.1, 0.15) is 303 Å². The van der Waals surface area contributed by atoms with Gasteiger partial charge in [-0.05, 0) is 32.1 Å². The van der Waals surface area contributed by atoms with Crippen LogP contribution in [0.15, 0.2) is 12.2 Å². The molecule has 2 unspecified atom stereocenters. The normalized spacial score (nSPS) is 12.7. The zero-order valence-electron chi connectivity index (χ0n) is 41.2. The highest BCUT2D eigenvalue weighted by atomic mass is 16.5. The standard InChI is InChI=1S/C55H107NO5/c1-3-5-7-9-11-13-15-17-19-20-21-25-29-33-37-41-45-49-55(60)61-50-46-42-38-34-30-26-22-24-28-32-36-40-44-48-54(59)56-52(51-57)53(58)47-43-39-35-31-27-23-18-16-14-12-10-8-6-4-2/h43,47,52-53,57-58H,3-42,44-46,48-51H2,1-2H3,(H,56,59)/b47-43+. The number of ether oxygens (including phenoxy) is 1. The first-order valence-corrected chi connectivity index (χ1v) is 27.5. The summed E-state index contributed by atoms with van der Waals surface area (Å²) in [5, 5.41) is 23.1. The van der Waals surface area contributed by atoms with Crippen LogP contribution >= 0.6 is 0 Å². The Morgan fingerprint density at radius 3 is 1.11 bits per heavy atom. The maximum Gasteiger partial charge on any atom is 0.305 e. The zero-order chi connectivity index (χ0) is 44.4. The van der Waals surface area contributed by atoms with Crippen LogP contribution in [0.2, 0.25) is 0 Å². The molecule has 0 aliphatic carbocycles. The minimum Gasteiger partial charge on any atom is -0.466 e. The van der Waals surface area contributed by atoms with Gasteiger partial charge in [0.05, 0.1) is 25.4 Å². The van der Waals surface area contributed by atoms with Crippen molar-refractivity contribution >= 4 is 11.9 Å². The van der Waals surface area contributed by atoms with Crippen LogP contribution in [0.5, 0.6) is 0 Å². The van der Waals surface area contributed by atoms with Gasteiger partial charge in [-0.3, -0.25) is 9.59 Å². The molecule has 0 heterocycles. The number of carbonyl (C=O) groups is 2. The smallest absolute Gasteiger partial charge is 0.305 e. The lowest BCUT2D eigenvalue weighted by atomic mass is 10.0. The summed E-state index contributed by atoms with van der Waals surface area (Å²) in [5.74, 6) is -0.0819. The molecule has 6 heteroatoms. The Balaban J connectivity index is 3.44. The summed E-state index contributed by atoms with van der Waals surface area (Å²) in [4.78, 5) is 24.5. The Labute approximate surface area is 380 Å². The van der Waals surface area contributed by atoms with Gasteiger partial charge in [-0.1, -0.05) is 270 Å². The molecule has 0 aromatic heterocycles. The van der Waals surface area contributed by atoms with Crippen LogP contribution in [0.3, 0.4) is 0 Å². The van der Waals surface area contributed by atoms with E-state index >= 15 is 0 Å². The van der Waals surface area contributed by atoms with Crippen molar-refractivity contribution in [3.05, 3.63) is 12.2 Å². The molecular formula is C55H107NO5. The van der Waals surface area contributed by atoms with Crippen LogP contribution in [-0.2, 0) is 14.3 Å². The van der Waals surface area contributed by atoms with Gasteiger partial charge in [-0.2, -0.15) is 0 Å². The fourth-order valence-corrected chi connectivity index (χ4v) is 8.58. The Hall–Kier alpha value is -1.40. The molecule has 1 amide bonds. The van der Waals surface area contributed by atoms with E-state index in [2.05, 4.69) is 19.2 Å². The summed E-state index contributed by atoms with van der Waals surface area (Å²) in [7, 11) is 0. The molecular weight excluding hydrogens is 755 g/mol. The summed E-state index contributed by atoms with van der Waals surface area (Å²) >= 11 is 0. The van der Waals surface area contributed by atoms with E-state index in [1.807, 2.05) is 6.08 Å². The lowest BCUT2D eigenvalue weighted by Gasteiger charge is -2.20. The Kier molecular flexibility index (Phi) is 50.1. The van der Waals surface area contributed by atoms with Gasteiger partial charge in [0.15, 0.2) is 0 Å². The minimum absolute atomic E-state index is 0.00265. The number of aliphatic hydroxyl groups is 2. The van der Waals surface area contributed by atoms with Gasteiger partial charge in [-0.25, -0.2) is 0 Å². The molecule has 0 aromatic rings. The number of hydrogen-bond acceptors (Lipinski definition) is 5. The van der Waals surface area contributed by atoms with E-state index in [4.69, 9.17) is 4.74 Å². The first kappa shape index (κ1) is 59.6. The fourth-order valence-electron chi connectivity index (χ4n) is 8.58. The van der Waals surface area contributed by atoms with Gasteiger partial charge in [0.1, 0.15) is 0 Å². The average Bonchev–Trinajstić information content (AvgIpc) is 3.26. The molecule has 362 valence electrons. The number of amides is 1. The molecule has 6 nitrogen and oxygen atoms in total. The summed E-state index contributed by atoms with van der Waals surface area (Å²) in [6.07, 6.45) is 59.3. The van der Waals surface area contributed by atoms with Crippen molar-refractivity contribution in [2.45, 2.75) is 315 Å². The molecule has 0 bridgehead atoms. The first-order chi connectivity index (χ1) is 30.0. The molecule has 0 rings (SSSR count). The van der Waals surface area contributed by atoms with Crippen LogP contribution in [0, 0.1) is 0 Å². The van der Waals surface area contributed by atoms with E-state index in [1.165, 1.54) is 218 Å². The fraction of sp³-hybridized carbons (Fsp3) is 0.927. The van der Waals surface area contributed by atoms with Crippen molar-refractivity contribution in [3.8, 4) is 0 Å². The number of esters is 1. The molecule has 0 fully saturated rings. The molecule has 0 saturated heterocycles. The Morgan fingerprint density at radius 2 is 0.754 bits per heavy atom. The maximum atomic E-state index is 12.4. The minimum atomic E-state index is -0.851. The van der Waals surface area contributed by atoms with Crippen LogP contribution in [0.25, 0.3) is 0 Å². The highest BCUT2D eigenvalue weighted by Crippen LogP contribution is 2.17. The molecule has 0 saturated carbocycles. The second kappa shape index (κ2) is 51.2. The second-order valence-electron chi connectivity index (χ2n) is 18.9. The van der Waals surface area contributed by atoms with E-state index in [0.717, 1.165) is 57.8 Å². The lowest BCUT2D eigenvalue weighted by molar-refractivity contribution is -0.143. The zero-order valence-corrected chi connectivity index (χ0v) is 41.2. The largest absolute Gasteiger partial charge is 0.466 e. The molecule has 0 aliphatic rings. The summed E-state index contributed by atoms with van der Waals surface area (Å²) in [5.41, 5.74) is 0. The van der Waals surface area contributed by atoms with E-state index in [0.29, 0.717) is 19.4 Å². The molecule has 0 aliphatic heterocycles. The number of nitrogens with one attached hydrogen (secondary N) is 1. The predicted octanol–water partition coefficient (Wildman–Crippen LogP) is 16.5. The lowest BCUT2D eigenvalue weighted by Crippen LogP contribution is -2.45. The topological polar surface area (TPSA) is 95.9 Å². The van der Waals surface area contributed by atoms with Crippen molar-refractivity contribution in [2.24, 2.45) is 0 Å². The Morgan fingerprint density at radius 1 is 0.443 bits per heavy atom. The van der Waals surface area contributed by atoms with Gasteiger partial charge in [0, 0.05) is 12.8 Å². The van der Waals surface area contributed by atoms with Gasteiger partial charge in [0.25, 0.3) is 0 Å². The highest BCUT2D eigenvalue weighted by Gasteiger charge is 2.18. The highest BCUT2D eigenvalue weighted by molar-refractivity contribution is 5.76. The number of allylic oxidation sites excluding steroid dienone is 1. The predicted molar refractivity (Wildman–Crippen MR) is 264 cm³/mol. The third kappa shape index (κ3) is 47.9. The molecule has 0 aromatic carbocycles. The second-order valence-corrected chi connectivity index (χ2v) is 18.9. The van der Waals surface area contributed by atoms with Gasteiger partial charge in [-0.15, -0.1) is 0 Å². The van der Waals surface area contributed by atoms with Gasteiger partial charge in [0.2, 0.25) is 5.91 Å². The van der Waals surface area contributed by atoms with Crippen LogP contribution in [0.4, 0.5) is 0 Å². The number of unbranched alkanes of at least 4 members (excludes halogenated alkanes) is 40. The number of carbonyl (C=O) groups excluding carboxylic acids is 2. The van der Waals surface area contributed by atoms with Gasteiger partial charge >= 0.3 is 5.97 Å². The number of hydrogen-bond donors (Lipinski definition) is 3. The van der Waals surface area contributed by atoms with E-state index < -0.39 is 12.1 Å². The van der Waals surface area contributed by atoms with Crippen LogP contribution < -0.4 is 5.32 Å². The van der Waals surface area contributed by atoms with E-state index in [9.17, 15) is 19.8 Å². The molecule has 3 N–H and O–H groups in total. The number of rotatable bonds is 51. The monoisotopic (exact) mass is 862 g/mol.